The molecule has 1 aromatic heterocycles. The first-order chi connectivity index (χ1) is 18.4. The van der Waals surface area contributed by atoms with Crippen LogP contribution >= 0.6 is 0 Å². The summed E-state index contributed by atoms with van der Waals surface area (Å²) in [7, 11) is 0. The van der Waals surface area contributed by atoms with Gasteiger partial charge in [-0.3, -0.25) is 9.59 Å². The second kappa shape index (κ2) is 12.9. The number of hydrogen-bond acceptors (Lipinski definition) is 6. The van der Waals surface area contributed by atoms with Crippen molar-refractivity contribution in [3.05, 3.63) is 94.9 Å². The highest BCUT2D eigenvalue weighted by Gasteiger charge is 2.43. The van der Waals surface area contributed by atoms with Crippen LogP contribution in [0.3, 0.4) is 0 Å². The molecule has 8 nitrogen and oxygen atoms in total. The first kappa shape index (κ1) is 29.1. The molecule has 0 saturated carbocycles. The van der Waals surface area contributed by atoms with Gasteiger partial charge in [0.15, 0.2) is 6.10 Å². The molecule has 0 unspecified atom stereocenters. The van der Waals surface area contributed by atoms with Gasteiger partial charge >= 0.3 is 12.1 Å². The molecule has 1 heterocycles. The number of alkyl halides is 3. The van der Waals surface area contributed by atoms with Gasteiger partial charge in [-0.15, -0.1) is 0 Å². The standard InChI is InChI=1S/C27H26F4N4O4/c1-16-19(9-12-23(32)34-16)15-33-24(36)21(13-18-7-10-20(28)11-8-18)35-25(37)22(39-26(38)27(29,30)31)14-17-5-3-2-4-6-17/h2-12,21-22H,13-15H2,1H3,(H2,32,34)(H,33,36)(H,35,37)/t21-,22+/m0/s1. The van der Waals surface area contributed by atoms with Crippen LogP contribution in [0.2, 0.25) is 0 Å². The number of carbonyl (C=O) groups excluding carboxylic acids is 3. The van der Waals surface area contributed by atoms with Crippen molar-refractivity contribution >= 4 is 23.6 Å². The van der Waals surface area contributed by atoms with Crippen molar-refractivity contribution in [3.63, 3.8) is 0 Å². The number of carbonyl (C=O) groups is 3. The lowest BCUT2D eigenvalue weighted by Crippen LogP contribution is -2.52. The Bertz CT molecular complexity index is 1300. The van der Waals surface area contributed by atoms with Crippen LogP contribution in [-0.4, -0.2) is 41.1 Å². The number of aromatic nitrogens is 1. The Morgan fingerprint density at radius 3 is 2.18 bits per heavy atom. The first-order valence-electron chi connectivity index (χ1n) is 11.8. The van der Waals surface area contributed by atoms with E-state index >= 15 is 0 Å². The number of halogens is 4. The predicted octanol–water partition coefficient (Wildman–Crippen LogP) is 3.17. The molecule has 3 rings (SSSR count). The molecule has 206 valence electrons. The third-order valence-corrected chi connectivity index (χ3v) is 5.69. The number of esters is 1. The van der Waals surface area contributed by atoms with Gasteiger partial charge in [-0.05, 0) is 41.8 Å². The van der Waals surface area contributed by atoms with Gasteiger partial charge in [0, 0.05) is 25.1 Å². The maximum atomic E-state index is 13.4. The molecule has 2 aromatic carbocycles. The molecule has 2 atom stereocenters. The molecule has 0 aliphatic heterocycles. The molecule has 0 spiro atoms. The van der Waals surface area contributed by atoms with E-state index in [2.05, 4.69) is 20.4 Å². The molecular formula is C27H26F4N4O4. The van der Waals surface area contributed by atoms with Crippen molar-refractivity contribution in [3.8, 4) is 0 Å². The number of hydrogen-bond donors (Lipinski definition) is 3. The van der Waals surface area contributed by atoms with E-state index in [0.29, 0.717) is 28.2 Å². The maximum Gasteiger partial charge on any atom is 0.490 e. The van der Waals surface area contributed by atoms with E-state index in [1.165, 1.54) is 24.3 Å². The molecule has 2 amide bonds. The minimum atomic E-state index is -5.33. The third-order valence-electron chi connectivity index (χ3n) is 5.69. The summed E-state index contributed by atoms with van der Waals surface area (Å²) in [5, 5.41) is 5.05. The van der Waals surface area contributed by atoms with E-state index in [-0.39, 0.29) is 19.4 Å². The van der Waals surface area contributed by atoms with Gasteiger partial charge in [0.2, 0.25) is 5.91 Å². The molecule has 0 saturated heterocycles. The molecule has 12 heteroatoms. The smallest absolute Gasteiger partial charge is 0.445 e. The lowest BCUT2D eigenvalue weighted by molar-refractivity contribution is -0.205. The van der Waals surface area contributed by atoms with E-state index in [4.69, 9.17) is 5.73 Å². The monoisotopic (exact) mass is 546 g/mol. The van der Waals surface area contributed by atoms with Gasteiger partial charge in [0.05, 0.1) is 0 Å². The van der Waals surface area contributed by atoms with Crippen molar-refractivity contribution in [2.24, 2.45) is 0 Å². The fourth-order valence-corrected chi connectivity index (χ4v) is 3.64. The Hall–Kier alpha value is -4.48. The van der Waals surface area contributed by atoms with Crippen molar-refractivity contribution in [1.82, 2.24) is 15.6 Å². The van der Waals surface area contributed by atoms with Crippen LogP contribution in [0, 0.1) is 12.7 Å². The summed E-state index contributed by atoms with van der Waals surface area (Å²) < 4.78 is 56.7. The fraction of sp³-hybridized carbons (Fsp3) is 0.259. The van der Waals surface area contributed by atoms with E-state index < -0.39 is 41.9 Å². The zero-order valence-corrected chi connectivity index (χ0v) is 20.8. The lowest BCUT2D eigenvalue weighted by atomic mass is 10.0. The fourth-order valence-electron chi connectivity index (χ4n) is 3.64. The van der Waals surface area contributed by atoms with Gasteiger partial charge in [-0.25, -0.2) is 14.2 Å². The molecule has 39 heavy (non-hydrogen) atoms. The van der Waals surface area contributed by atoms with Gasteiger partial charge < -0.3 is 21.1 Å². The topological polar surface area (TPSA) is 123 Å². The van der Waals surface area contributed by atoms with Gasteiger partial charge in [0.25, 0.3) is 5.91 Å². The average molecular weight is 547 g/mol. The van der Waals surface area contributed by atoms with E-state index in [1.807, 2.05) is 0 Å². The number of rotatable bonds is 10. The molecule has 0 aliphatic carbocycles. The number of nitrogens with one attached hydrogen (secondary N) is 2. The zero-order chi connectivity index (χ0) is 28.6. The number of aryl methyl sites for hydroxylation is 1. The zero-order valence-electron chi connectivity index (χ0n) is 20.8. The summed E-state index contributed by atoms with van der Waals surface area (Å²) in [5.41, 5.74) is 7.75. The number of amides is 2. The number of ether oxygens (including phenoxy) is 1. The van der Waals surface area contributed by atoms with Crippen LogP contribution in [0.4, 0.5) is 23.4 Å². The van der Waals surface area contributed by atoms with Crippen LogP contribution in [-0.2, 0) is 38.5 Å². The number of nitrogen functional groups attached to an aromatic ring is 1. The average Bonchev–Trinajstić information content (AvgIpc) is 2.88. The third kappa shape index (κ3) is 8.80. The molecule has 0 aliphatic rings. The molecule has 0 bridgehead atoms. The number of pyridine rings is 1. The Labute approximate surface area is 221 Å². The first-order valence-corrected chi connectivity index (χ1v) is 11.8. The Morgan fingerprint density at radius 1 is 0.923 bits per heavy atom. The van der Waals surface area contributed by atoms with Crippen molar-refractivity contribution < 1.29 is 36.7 Å². The highest BCUT2D eigenvalue weighted by atomic mass is 19.4. The highest BCUT2D eigenvalue weighted by molar-refractivity contribution is 5.91. The molecule has 4 N–H and O–H groups in total. The number of nitrogens with two attached hydrogens (primary N) is 1. The molecule has 0 radical (unpaired) electrons. The Balaban J connectivity index is 1.82. The SMILES string of the molecule is Cc1nc(N)ccc1CNC(=O)[C@H](Cc1ccc(F)cc1)NC(=O)[C@@H](Cc1ccccc1)OC(=O)C(F)(F)F. The number of nitrogens with zero attached hydrogens (tertiary/aromatic N) is 1. The van der Waals surface area contributed by atoms with Gasteiger partial charge in [-0.1, -0.05) is 48.5 Å². The summed E-state index contributed by atoms with van der Waals surface area (Å²) in [6.07, 6.45) is -7.70. The lowest BCUT2D eigenvalue weighted by Gasteiger charge is -2.23. The van der Waals surface area contributed by atoms with E-state index in [0.717, 1.165) is 0 Å². The van der Waals surface area contributed by atoms with Crippen LogP contribution in [0.1, 0.15) is 22.4 Å². The summed E-state index contributed by atoms with van der Waals surface area (Å²) in [4.78, 5) is 41.9. The van der Waals surface area contributed by atoms with E-state index in [9.17, 15) is 31.9 Å². The number of benzene rings is 2. The van der Waals surface area contributed by atoms with Crippen molar-refractivity contribution in [2.45, 2.75) is 44.6 Å². The Kier molecular flexibility index (Phi) is 9.58. The number of anilines is 1. The molecule has 0 fully saturated rings. The minimum Gasteiger partial charge on any atom is -0.445 e. The largest absolute Gasteiger partial charge is 0.490 e. The second-order valence-corrected chi connectivity index (χ2v) is 8.67. The minimum absolute atomic E-state index is 0.0181. The molecule has 3 aromatic rings. The van der Waals surface area contributed by atoms with E-state index in [1.54, 1.807) is 49.4 Å². The van der Waals surface area contributed by atoms with Crippen LogP contribution in [0.15, 0.2) is 66.7 Å². The van der Waals surface area contributed by atoms with Crippen LogP contribution in [0.25, 0.3) is 0 Å². The van der Waals surface area contributed by atoms with Gasteiger partial charge in [0.1, 0.15) is 17.7 Å². The van der Waals surface area contributed by atoms with Crippen LogP contribution in [0.5, 0.6) is 0 Å². The summed E-state index contributed by atoms with van der Waals surface area (Å²) in [6.45, 7) is 1.71. The highest BCUT2D eigenvalue weighted by Crippen LogP contribution is 2.19. The van der Waals surface area contributed by atoms with Crippen LogP contribution < -0.4 is 16.4 Å². The second-order valence-electron chi connectivity index (χ2n) is 8.67. The quantitative estimate of drug-likeness (QED) is 0.265. The van der Waals surface area contributed by atoms with Gasteiger partial charge in [-0.2, -0.15) is 13.2 Å². The predicted molar refractivity (Wildman–Crippen MR) is 133 cm³/mol. The normalized spacial score (nSPS) is 12.7. The summed E-state index contributed by atoms with van der Waals surface area (Å²) >= 11 is 0. The summed E-state index contributed by atoms with van der Waals surface area (Å²) in [6, 6.07) is 15.0. The maximum absolute atomic E-state index is 13.4. The summed E-state index contributed by atoms with van der Waals surface area (Å²) in [5.74, 6) is -4.54. The molecular weight excluding hydrogens is 520 g/mol. The van der Waals surface area contributed by atoms with Crippen molar-refractivity contribution in [1.29, 1.82) is 0 Å². The van der Waals surface area contributed by atoms with Crippen molar-refractivity contribution in [2.75, 3.05) is 5.73 Å². The Morgan fingerprint density at radius 2 is 1.56 bits per heavy atom.